The second-order valence-corrected chi connectivity index (χ2v) is 5.58. The van der Waals surface area contributed by atoms with Crippen LogP contribution in [0.15, 0.2) is 35.4 Å². The number of H-pyrrole nitrogens is 1. The van der Waals surface area contributed by atoms with Crippen molar-refractivity contribution in [2.45, 2.75) is 24.2 Å². The lowest BCUT2D eigenvalue weighted by Crippen LogP contribution is -2.21. The fraction of sp³-hybridized carbons (Fsp3) is 0.286. The van der Waals surface area contributed by atoms with E-state index in [0.717, 1.165) is 29.1 Å². The Morgan fingerprint density at radius 2 is 2.37 bits per heavy atom. The number of aromatic amines is 1. The predicted molar refractivity (Wildman–Crippen MR) is 76.5 cm³/mol. The average molecular weight is 273 g/mol. The molecular formula is C14H15N3OS. The molecule has 2 aromatic rings. The van der Waals surface area contributed by atoms with Crippen molar-refractivity contribution in [1.29, 1.82) is 0 Å². The van der Waals surface area contributed by atoms with Gasteiger partial charge >= 0.3 is 0 Å². The summed E-state index contributed by atoms with van der Waals surface area (Å²) in [7, 11) is 0. The van der Waals surface area contributed by atoms with E-state index in [2.05, 4.69) is 21.6 Å². The first-order valence-corrected chi connectivity index (χ1v) is 7.33. The van der Waals surface area contributed by atoms with E-state index in [0.29, 0.717) is 0 Å². The molecule has 19 heavy (non-hydrogen) atoms. The first-order valence-electron chi connectivity index (χ1n) is 6.34. The lowest BCUT2D eigenvalue weighted by molar-refractivity contribution is -0.117. The van der Waals surface area contributed by atoms with Gasteiger partial charge in [0.25, 0.3) is 0 Å². The van der Waals surface area contributed by atoms with Gasteiger partial charge in [-0.3, -0.25) is 9.89 Å². The molecule has 0 radical (unpaired) electrons. The molecule has 2 heterocycles. The largest absolute Gasteiger partial charge is 0.310 e. The first-order chi connectivity index (χ1) is 9.29. The number of hydrogen-bond donors (Lipinski definition) is 2. The van der Waals surface area contributed by atoms with Gasteiger partial charge in [-0.05, 0) is 18.1 Å². The first kappa shape index (κ1) is 12.3. The Kier molecular flexibility index (Phi) is 3.29. The van der Waals surface area contributed by atoms with E-state index in [1.54, 1.807) is 18.0 Å². The molecule has 2 N–H and O–H groups in total. The molecular weight excluding hydrogens is 258 g/mol. The second-order valence-electron chi connectivity index (χ2n) is 4.51. The van der Waals surface area contributed by atoms with E-state index in [-0.39, 0.29) is 11.8 Å². The number of nitrogens with one attached hydrogen (secondary N) is 2. The molecule has 0 spiro atoms. The van der Waals surface area contributed by atoms with E-state index in [1.807, 2.05) is 25.1 Å². The minimum absolute atomic E-state index is 0.0383. The number of hydrogen-bond acceptors (Lipinski definition) is 3. The maximum Gasteiger partial charge on any atom is 0.233 e. The van der Waals surface area contributed by atoms with E-state index >= 15 is 0 Å². The number of rotatable bonds is 3. The number of carbonyl (C=O) groups is 1. The lowest BCUT2D eigenvalue weighted by Gasteiger charge is -2.11. The number of nitrogens with zero attached hydrogens (tertiary/aromatic N) is 1. The summed E-state index contributed by atoms with van der Waals surface area (Å²) in [6, 6.07) is 8.10. The lowest BCUT2D eigenvalue weighted by atomic mass is 10.0. The number of aromatic nitrogens is 2. The van der Waals surface area contributed by atoms with Crippen LogP contribution in [0.4, 0.5) is 5.82 Å². The molecule has 4 nitrogen and oxygen atoms in total. The van der Waals surface area contributed by atoms with Gasteiger partial charge < -0.3 is 5.32 Å². The zero-order valence-corrected chi connectivity index (χ0v) is 11.5. The summed E-state index contributed by atoms with van der Waals surface area (Å²) in [6.45, 7) is 2.04. The van der Waals surface area contributed by atoms with Crippen molar-refractivity contribution in [2.75, 3.05) is 11.1 Å². The Hall–Kier alpha value is -1.75. The predicted octanol–water partition coefficient (Wildman–Crippen LogP) is 2.80. The highest BCUT2D eigenvalue weighted by Crippen LogP contribution is 2.39. The van der Waals surface area contributed by atoms with Crippen molar-refractivity contribution in [3.8, 4) is 0 Å². The van der Waals surface area contributed by atoms with Crippen LogP contribution in [0, 0.1) is 0 Å². The van der Waals surface area contributed by atoms with Crippen LogP contribution >= 0.6 is 11.8 Å². The molecule has 1 aliphatic heterocycles. The monoisotopic (exact) mass is 273 g/mol. The van der Waals surface area contributed by atoms with Gasteiger partial charge in [0.2, 0.25) is 5.91 Å². The minimum Gasteiger partial charge on any atom is -0.310 e. The maximum atomic E-state index is 12.4. The van der Waals surface area contributed by atoms with Gasteiger partial charge in [0.05, 0.1) is 12.1 Å². The zero-order chi connectivity index (χ0) is 13.2. The molecule has 1 aromatic carbocycles. The number of anilines is 1. The molecule has 0 bridgehead atoms. The van der Waals surface area contributed by atoms with Crippen LogP contribution in [-0.4, -0.2) is 21.9 Å². The molecule has 1 unspecified atom stereocenters. The van der Waals surface area contributed by atoms with Gasteiger partial charge in [-0.25, -0.2) is 0 Å². The third-order valence-electron chi connectivity index (χ3n) is 3.36. The van der Waals surface area contributed by atoms with Gasteiger partial charge in [0.15, 0.2) is 0 Å². The summed E-state index contributed by atoms with van der Waals surface area (Å²) in [4.78, 5) is 13.6. The Morgan fingerprint density at radius 1 is 1.53 bits per heavy atom. The van der Waals surface area contributed by atoms with Crippen molar-refractivity contribution in [3.63, 3.8) is 0 Å². The van der Waals surface area contributed by atoms with Crippen molar-refractivity contribution in [3.05, 3.63) is 41.6 Å². The molecule has 0 fully saturated rings. The van der Waals surface area contributed by atoms with Crippen LogP contribution in [0.3, 0.4) is 0 Å². The number of carbonyl (C=O) groups excluding carboxylic acids is 1. The number of fused-ring (bicyclic) bond motifs is 1. The Balaban J connectivity index is 1.79. The topological polar surface area (TPSA) is 57.8 Å². The number of amides is 1. The molecule has 0 saturated carbocycles. The van der Waals surface area contributed by atoms with Crippen LogP contribution in [0.2, 0.25) is 0 Å². The minimum atomic E-state index is -0.0748. The second kappa shape index (κ2) is 5.09. The highest BCUT2D eigenvalue weighted by Gasteiger charge is 2.29. The van der Waals surface area contributed by atoms with Crippen LogP contribution in [-0.2, 0) is 11.2 Å². The highest BCUT2D eigenvalue weighted by molar-refractivity contribution is 7.99. The quantitative estimate of drug-likeness (QED) is 0.904. The van der Waals surface area contributed by atoms with Crippen molar-refractivity contribution in [1.82, 2.24) is 10.2 Å². The van der Waals surface area contributed by atoms with Crippen molar-refractivity contribution < 1.29 is 4.79 Å². The molecule has 5 heteroatoms. The van der Waals surface area contributed by atoms with E-state index in [4.69, 9.17) is 0 Å². The van der Waals surface area contributed by atoms with Crippen LogP contribution < -0.4 is 5.32 Å². The van der Waals surface area contributed by atoms with Gasteiger partial charge in [-0.15, -0.1) is 11.8 Å². The van der Waals surface area contributed by atoms with Crippen LogP contribution in [0.1, 0.15) is 24.0 Å². The van der Waals surface area contributed by atoms with Gasteiger partial charge in [-0.2, -0.15) is 5.10 Å². The fourth-order valence-electron chi connectivity index (χ4n) is 2.28. The van der Waals surface area contributed by atoms with E-state index in [1.165, 1.54) is 4.90 Å². The van der Waals surface area contributed by atoms with E-state index in [9.17, 15) is 4.79 Å². The molecule has 1 aliphatic rings. The normalized spacial score (nSPS) is 17.2. The molecule has 98 valence electrons. The molecule has 1 atom stereocenters. The molecule has 1 amide bonds. The number of thioether (sulfide) groups is 1. The maximum absolute atomic E-state index is 12.4. The Labute approximate surface area is 116 Å². The molecule has 1 aromatic heterocycles. The standard InChI is InChI=1S/C14H15N3OS/c1-2-9-7-15-17-13(9)16-14(18)11-8-19-12-6-4-3-5-10(11)12/h3-7,11H,2,8H2,1H3,(H2,15,16,17,18). The molecule has 0 saturated heterocycles. The van der Waals surface area contributed by atoms with Crippen molar-refractivity contribution in [2.24, 2.45) is 0 Å². The zero-order valence-electron chi connectivity index (χ0n) is 10.6. The third-order valence-corrected chi connectivity index (χ3v) is 4.55. The highest BCUT2D eigenvalue weighted by atomic mass is 32.2. The summed E-state index contributed by atoms with van der Waals surface area (Å²) >= 11 is 1.74. The summed E-state index contributed by atoms with van der Waals surface area (Å²) in [6.07, 6.45) is 2.61. The Morgan fingerprint density at radius 3 is 3.21 bits per heavy atom. The van der Waals surface area contributed by atoms with Crippen LogP contribution in [0.5, 0.6) is 0 Å². The van der Waals surface area contributed by atoms with Crippen LogP contribution in [0.25, 0.3) is 0 Å². The number of aryl methyl sites for hydroxylation is 1. The average Bonchev–Trinajstić information content (AvgIpc) is 3.04. The fourth-order valence-corrected chi connectivity index (χ4v) is 3.51. The van der Waals surface area contributed by atoms with Gasteiger partial charge in [0, 0.05) is 16.2 Å². The molecule has 3 rings (SSSR count). The smallest absolute Gasteiger partial charge is 0.233 e. The van der Waals surface area contributed by atoms with E-state index < -0.39 is 0 Å². The van der Waals surface area contributed by atoms with Gasteiger partial charge in [-0.1, -0.05) is 25.1 Å². The summed E-state index contributed by atoms with van der Waals surface area (Å²) in [5, 5.41) is 9.77. The SMILES string of the molecule is CCc1cn[nH]c1NC(=O)C1CSc2ccccc21. The Bertz CT molecular complexity index is 608. The summed E-state index contributed by atoms with van der Waals surface area (Å²) in [5.74, 6) is 1.49. The summed E-state index contributed by atoms with van der Waals surface area (Å²) in [5.41, 5.74) is 2.16. The molecule has 0 aliphatic carbocycles. The van der Waals surface area contributed by atoms with Crippen molar-refractivity contribution >= 4 is 23.5 Å². The van der Waals surface area contributed by atoms with Gasteiger partial charge in [0.1, 0.15) is 5.82 Å². The number of benzene rings is 1. The summed E-state index contributed by atoms with van der Waals surface area (Å²) < 4.78 is 0. The third kappa shape index (κ3) is 2.26.